The third-order valence-electron chi connectivity index (χ3n) is 4.76. The zero-order valence-electron chi connectivity index (χ0n) is 15.2. The summed E-state index contributed by atoms with van der Waals surface area (Å²) in [4.78, 5) is 31.0. The Morgan fingerprint density at radius 3 is 2.86 bits per heavy atom. The van der Waals surface area contributed by atoms with Gasteiger partial charge in [-0.25, -0.2) is 13.8 Å². The lowest BCUT2D eigenvalue weighted by Crippen LogP contribution is -2.43. The van der Waals surface area contributed by atoms with Gasteiger partial charge in [0.05, 0.1) is 17.9 Å². The summed E-state index contributed by atoms with van der Waals surface area (Å²) in [6.07, 6.45) is 2.81. The number of halogens is 2. The number of likely N-dealkylation sites (tertiary alicyclic amines) is 1. The summed E-state index contributed by atoms with van der Waals surface area (Å²) in [5.41, 5.74) is 0.871. The zero-order chi connectivity index (χ0) is 20.4. The molecule has 0 radical (unpaired) electrons. The van der Waals surface area contributed by atoms with E-state index in [0.29, 0.717) is 42.3 Å². The lowest BCUT2D eigenvalue weighted by atomic mass is 9.97. The molecule has 1 fully saturated rings. The molecule has 6 nitrogen and oxygen atoms in total. The Morgan fingerprint density at radius 2 is 2.10 bits per heavy atom. The Kier molecular flexibility index (Phi) is 5.39. The largest absolute Gasteiger partial charge is 0.459 e. The third-order valence-corrected chi connectivity index (χ3v) is 5.52. The molecule has 150 valence electrons. The number of rotatable bonds is 4. The number of anilines is 1. The first-order chi connectivity index (χ1) is 14.0. The first-order valence-corrected chi connectivity index (χ1v) is 9.94. The van der Waals surface area contributed by atoms with E-state index in [1.807, 2.05) is 0 Å². The van der Waals surface area contributed by atoms with E-state index in [2.05, 4.69) is 10.3 Å². The van der Waals surface area contributed by atoms with Crippen LogP contribution in [0.15, 0.2) is 46.4 Å². The number of benzene rings is 1. The van der Waals surface area contributed by atoms with Crippen molar-refractivity contribution >= 4 is 28.3 Å². The first kappa shape index (κ1) is 19.3. The summed E-state index contributed by atoms with van der Waals surface area (Å²) < 4.78 is 31.7. The van der Waals surface area contributed by atoms with Gasteiger partial charge in [-0.2, -0.15) is 0 Å². The molecule has 9 heteroatoms. The average Bonchev–Trinajstić information content (AvgIpc) is 3.42. The number of thiazole rings is 1. The number of nitrogens with one attached hydrogen (secondary N) is 1. The lowest BCUT2D eigenvalue weighted by Gasteiger charge is -2.31. The van der Waals surface area contributed by atoms with Crippen LogP contribution in [0.5, 0.6) is 0 Å². The summed E-state index contributed by atoms with van der Waals surface area (Å²) in [6.45, 7) is 0.869. The van der Waals surface area contributed by atoms with Crippen molar-refractivity contribution in [3.05, 3.63) is 59.4 Å². The van der Waals surface area contributed by atoms with Crippen LogP contribution in [0, 0.1) is 17.6 Å². The highest BCUT2D eigenvalue weighted by Crippen LogP contribution is 2.27. The van der Waals surface area contributed by atoms with E-state index in [9.17, 15) is 18.4 Å². The van der Waals surface area contributed by atoms with Gasteiger partial charge < -0.3 is 14.6 Å². The van der Waals surface area contributed by atoms with E-state index in [1.54, 1.807) is 22.4 Å². The number of furan rings is 1. The molecular weight excluding hydrogens is 400 g/mol. The van der Waals surface area contributed by atoms with Crippen molar-refractivity contribution in [3.63, 3.8) is 0 Å². The van der Waals surface area contributed by atoms with Gasteiger partial charge in [0.25, 0.3) is 5.91 Å². The van der Waals surface area contributed by atoms with Crippen molar-refractivity contribution in [1.82, 2.24) is 9.88 Å². The van der Waals surface area contributed by atoms with Crippen LogP contribution in [0.2, 0.25) is 0 Å². The Hall–Kier alpha value is -3.07. The van der Waals surface area contributed by atoms with Crippen molar-refractivity contribution in [2.45, 2.75) is 12.8 Å². The molecule has 1 aliphatic heterocycles. The van der Waals surface area contributed by atoms with E-state index < -0.39 is 11.6 Å². The highest BCUT2D eigenvalue weighted by molar-refractivity contribution is 7.14. The molecule has 0 saturated carbocycles. The normalized spacial score (nSPS) is 16.6. The summed E-state index contributed by atoms with van der Waals surface area (Å²) in [5.74, 6) is -2.45. The molecule has 2 amide bonds. The number of nitrogens with zero attached hydrogens (tertiary/aromatic N) is 2. The predicted molar refractivity (Wildman–Crippen MR) is 103 cm³/mol. The van der Waals surface area contributed by atoms with E-state index in [4.69, 9.17) is 4.42 Å². The number of aromatic nitrogens is 1. The van der Waals surface area contributed by atoms with Crippen LogP contribution in [-0.4, -0.2) is 34.8 Å². The van der Waals surface area contributed by atoms with Crippen molar-refractivity contribution in [1.29, 1.82) is 0 Å². The van der Waals surface area contributed by atoms with Crippen molar-refractivity contribution in [2.75, 3.05) is 18.4 Å². The molecule has 1 saturated heterocycles. The maximum atomic E-state index is 13.4. The molecule has 1 N–H and O–H groups in total. The number of hydrogen-bond donors (Lipinski definition) is 1. The smallest absolute Gasteiger partial charge is 0.289 e. The second-order valence-corrected chi connectivity index (χ2v) is 7.58. The van der Waals surface area contributed by atoms with Crippen LogP contribution in [0.1, 0.15) is 23.4 Å². The molecule has 3 heterocycles. The van der Waals surface area contributed by atoms with Crippen molar-refractivity contribution < 1.29 is 22.8 Å². The minimum Gasteiger partial charge on any atom is -0.459 e. The number of piperidine rings is 1. The van der Waals surface area contributed by atoms with Gasteiger partial charge in [-0.15, -0.1) is 11.3 Å². The van der Waals surface area contributed by atoms with Crippen LogP contribution < -0.4 is 5.32 Å². The van der Waals surface area contributed by atoms with Crippen molar-refractivity contribution in [2.24, 2.45) is 5.92 Å². The maximum Gasteiger partial charge on any atom is 0.289 e. The van der Waals surface area contributed by atoms with Gasteiger partial charge in [0.1, 0.15) is 0 Å². The van der Waals surface area contributed by atoms with Gasteiger partial charge in [0.15, 0.2) is 22.5 Å². The van der Waals surface area contributed by atoms with Crippen LogP contribution in [0.4, 0.5) is 13.9 Å². The zero-order valence-corrected chi connectivity index (χ0v) is 16.0. The molecule has 1 atom stereocenters. The number of hydrogen-bond acceptors (Lipinski definition) is 5. The lowest BCUT2D eigenvalue weighted by molar-refractivity contribution is -0.121. The molecular formula is C20H17F2N3O3S. The molecule has 1 unspecified atom stereocenters. The third kappa shape index (κ3) is 4.19. The van der Waals surface area contributed by atoms with Crippen LogP contribution in [0.3, 0.4) is 0 Å². The fourth-order valence-corrected chi connectivity index (χ4v) is 3.98. The highest BCUT2D eigenvalue weighted by atomic mass is 32.1. The molecule has 1 aromatic carbocycles. The minimum absolute atomic E-state index is 0.229. The fourth-order valence-electron chi connectivity index (χ4n) is 3.26. The molecule has 2 aromatic heterocycles. The van der Waals surface area contributed by atoms with Crippen molar-refractivity contribution in [3.8, 4) is 11.3 Å². The Balaban J connectivity index is 1.41. The Bertz CT molecular complexity index is 1040. The van der Waals surface area contributed by atoms with Gasteiger partial charge in [0.2, 0.25) is 5.91 Å². The van der Waals surface area contributed by atoms with E-state index >= 15 is 0 Å². The average molecular weight is 417 g/mol. The second kappa shape index (κ2) is 8.12. The molecule has 0 spiro atoms. The summed E-state index contributed by atoms with van der Waals surface area (Å²) in [5, 5.41) is 4.79. The SMILES string of the molecule is O=C(Nc1nc(-c2ccc(F)c(F)c2)cs1)C1CCCN(C(=O)c2ccco2)C1. The van der Waals surface area contributed by atoms with E-state index in [1.165, 1.54) is 23.7 Å². The first-order valence-electron chi connectivity index (χ1n) is 9.06. The van der Waals surface area contributed by atoms with Gasteiger partial charge in [-0.1, -0.05) is 0 Å². The molecule has 0 bridgehead atoms. The fraction of sp³-hybridized carbons (Fsp3) is 0.250. The van der Waals surface area contributed by atoms with Crippen LogP contribution in [0.25, 0.3) is 11.3 Å². The number of amides is 2. The summed E-state index contributed by atoms with van der Waals surface area (Å²) in [6, 6.07) is 6.78. The minimum atomic E-state index is -0.954. The van der Waals surface area contributed by atoms with Gasteiger partial charge in [0, 0.05) is 24.0 Å². The van der Waals surface area contributed by atoms with Crippen LogP contribution >= 0.6 is 11.3 Å². The van der Waals surface area contributed by atoms with E-state index in [-0.39, 0.29) is 23.5 Å². The molecule has 4 rings (SSSR count). The van der Waals surface area contributed by atoms with Gasteiger partial charge >= 0.3 is 0 Å². The van der Waals surface area contributed by atoms with Crippen LogP contribution in [-0.2, 0) is 4.79 Å². The maximum absolute atomic E-state index is 13.4. The quantitative estimate of drug-likeness (QED) is 0.691. The Labute approximate surface area is 169 Å². The summed E-state index contributed by atoms with van der Waals surface area (Å²) >= 11 is 1.20. The van der Waals surface area contributed by atoms with Gasteiger partial charge in [-0.05, 0) is 43.2 Å². The molecule has 0 aliphatic carbocycles. The predicted octanol–water partition coefficient (Wildman–Crippen LogP) is 4.17. The topological polar surface area (TPSA) is 75.4 Å². The highest BCUT2D eigenvalue weighted by Gasteiger charge is 2.30. The number of carbonyl (C=O) groups excluding carboxylic acids is 2. The number of carbonyl (C=O) groups is 2. The standard InChI is InChI=1S/C20H17F2N3O3S/c21-14-6-5-12(9-15(14)22)16-11-29-20(23-16)24-18(26)13-3-1-7-25(10-13)19(27)17-4-2-8-28-17/h2,4-6,8-9,11,13H,1,3,7,10H2,(H,23,24,26). The molecule has 29 heavy (non-hydrogen) atoms. The summed E-state index contributed by atoms with van der Waals surface area (Å²) in [7, 11) is 0. The molecule has 3 aromatic rings. The van der Waals surface area contributed by atoms with Gasteiger partial charge in [-0.3, -0.25) is 9.59 Å². The second-order valence-electron chi connectivity index (χ2n) is 6.72. The Morgan fingerprint density at radius 1 is 1.24 bits per heavy atom. The molecule has 1 aliphatic rings. The monoisotopic (exact) mass is 417 g/mol. The van der Waals surface area contributed by atoms with E-state index in [0.717, 1.165) is 12.1 Å².